The Labute approximate surface area is 120 Å². The number of benzene rings is 2. The highest BCUT2D eigenvalue weighted by Crippen LogP contribution is 2.43. The zero-order valence-corrected chi connectivity index (χ0v) is 12.1. The van der Waals surface area contributed by atoms with Gasteiger partial charge < -0.3 is 10.1 Å². The van der Waals surface area contributed by atoms with E-state index in [-0.39, 0.29) is 0 Å². The average molecular weight is 267 g/mol. The van der Waals surface area contributed by atoms with E-state index in [1.54, 1.807) is 0 Å². The zero-order chi connectivity index (χ0) is 13.9. The summed E-state index contributed by atoms with van der Waals surface area (Å²) in [6.07, 6.45) is 0. The maximum absolute atomic E-state index is 6.01. The molecule has 0 aliphatic carbocycles. The number of ether oxygens (including phenoxy) is 1. The molecular weight excluding hydrogens is 246 g/mol. The molecule has 0 unspecified atom stereocenters. The third-order valence-corrected chi connectivity index (χ3v) is 3.71. The normalized spacial score (nSPS) is 13.8. The number of hydrogen-bond donors (Lipinski definition) is 1. The van der Waals surface area contributed by atoms with Gasteiger partial charge in [-0.25, -0.2) is 0 Å². The third kappa shape index (κ3) is 2.56. The molecule has 0 radical (unpaired) electrons. The lowest BCUT2D eigenvalue weighted by Gasteiger charge is -2.28. The molecule has 1 heterocycles. The minimum atomic E-state index is 0.370. The van der Waals surface area contributed by atoms with E-state index >= 15 is 0 Å². The van der Waals surface area contributed by atoms with Gasteiger partial charge in [-0.1, -0.05) is 50.2 Å². The van der Waals surface area contributed by atoms with Crippen molar-refractivity contribution in [3.8, 4) is 11.5 Å². The summed E-state index contributed by atoms with van der Waals surface area (Å²) in [6, 6.07) is 16.7. The minimum Gasteiger partial charge on any atom is -0.457 e. The fraction of sp³-hybridized carbons (Fsp3) is 0.333. The molecule has 1 N–H and O–H groups in total. The number of nitrogens with one attached hydrogen (secondary N) is 1. The van der Waals surface area contributed by atoms with E-state index in [1.165, 1.54) is 11.1 Å². The Balaban J connectivity index is 1.91. The molecule has 0 amide bonds. The summed E-state index contributed by atoms with van der Waals surface area (Å²) in [4.78, 5) is 0. The second-order valence-corrected chi connectivity index (χ2v) is 5.78. The fourth-order valence-corrected chi connectivity index (χ4v) is 2.74. The molecule has 2 aromatic rings. The van der Waals surface area contributed by atoms with Crippen molar-refractivity contribution in [2.75, 3.05) is 13.1 Å². The van der Waals surface area contributed by atoms with Gasteiger partial charge in [0, 0.05) is 23.6 Å². The van der Waals surface area contributed by atoms with E-state index < -0.39 is 0 Å². The van der Waals surface area contributed by atoms with Gasteiger partial charge in [-0.05, 0) is 24.6 Å². The Bertz CT molecular complexity index is 546. The van der Waals surface area contributed by atoms with E-state index in [0.717, 1.165) is 24.6 Å². The van der Waals surface area contributed by atoms with E-state index in [9.17, 15) is 0 Å². The molecule has 0 bridgehead atoms. The molecule has 20 heavy (non-hydrogen) atoms. The van der Waals surface area contributed by atoms with E-state index in [2.05, 4.69) is 55.6 Å². The van der Waals surface area contributed by atoms with Gasteiger partial charge in [0.05, 0.1) is 0 Å². The summed E-state index contributed by atoms with van der Waals surface area (Å²) in [7, 11) is 0. The van der Waals surface area contributed by atoms with Crippen LogP contribution in [-0.4, -0.2) is 13.1 Å². The Morgan fingerprint density at radius 2 is 1.50 bits per heavy atom. The van der Waals surface area contributed by atoms with Crippen LogP contribution in [0.1, 0.15) is 30.9 Å². The molecule has 1 aliphatic rings. The molecule has 2 aromatic carbocycles. The lowest BCUT2D eigenvalue weighted by atomic mass is 9.88. The molecule has 2 nitrogen and oxygen atoms in total. The highest BCUT2D eigenvalue weighted by molar-refractivity contribution is 5.53. The Morgan fingerprint density at radius 3 is 2.05 bits per heavy atom. The van der Waals surface area contributed by atoms with E-state index in [0.29, 0.717) is 11.8 Å². The molecular formula is C18H21NO. The first-order valence-corrected chi connectivity index (χ1v) is 7.32. The van der Waals surface area contributed by atoms with Crippen LogP contribution in [0.25, 0.3) is 0 Å². The second-order valence-electron chi connectivity index (χ2n) is 5.78. The highest BCUT2D eigenvalue weighted by Gasteiger charge is 2.26. The Hall–Kier alpha value is -1.80. The van der Waals surface area contributed by atoms with Crippen LogP contribution in [0.4, 0.5) is 0 Å². The van der Waals surface area contributed by atoms with Crippen molar-refractivity contribution in [1.29, 1.82) is 0 Å². The topological polar surface area (TPSA) is 21.3 Å². The monoisotopic (exact) mass is 267 g/mol. The van der Waals surface area contributed by atoms with Gasteiger partial charge in [-0.3, -0.25) is 0 Å². The molecule has 0 aromatic heterocycles. The summed E-state index contributed by atoms with van der Waals surface area (Å²) in [5.41, 5.74) is 2.56. The number of fused-ring (bicyclic) bond motifs is 2. The van der Waals surface area contributed by atoms with Crippen LogP contribution in [0.5, 0.6) is 11.5 Å². The van der Waals surface area contributed by atoms with E-state index in [1.807, 2.05) is 12.1 Å². The van der Waals surface area contributed by atoms with Crippen LogP contribution in [0.15, 0.2) is 48.5 Å². The van der Waals surface area contributed by atoms with Crippen molar-refractivity contribution < 1.29 is 4.74 Å². The van der Waals surface area contributed by atoms with Crippen molar-refractivity contribution in [2.24, 2.45) is 5.92 Å². The SMILES string of the molecule is CC(C)CNCC1c2ccccc2Oc2ccccc21. The van der Waals surface area contributed by atoms with Crippen molar-refractivity contribution >= 4 is 0 Å². The molecule has 0 atom stereocenters. The average Bonchev–Trinajstić information content (AvgIpc) is 2.46. The molecule has 0 spiro atoms. The summed E-state index contributed by atoms with van der Waals surface area (Å²) in [5, 5.41) is 3.58. The lowest BCUT2D eigenvalue weighted by Crippen LogP contribution is -2.27. The van der Waals surface area contributed by atoms with Gasteiger partial charge in [0.2, 0.25) is 0 Å². The van der Waals surface area contributed by atoms with Crippen molar-refractivity contribution in [1.82, 2.24) is 5.32 Å². The maximum atomic E-state index is 6.01. The minimum absolute atomic E-state index is 0.370. The number of rotatable bonds is 4. The predicted octanol–water partition coefficient (Wildman–Crippen LogP) is 4.17. The zero-order valence-electron chi connectivity index (χ0n) is 12.1. The summed E-state index contributed by atoms with van der Waals surface area (Å²) >= 11 is 0. The standard InChI is InChI=1S/C18H21NO/c1-13(2)11-19-12-16-14-7-3-5-9-17(14)20-18-10-6-4-8-15(16)18/h3-10,13,16,19H,11-12H2,1-2H3. The van der Waals surface area contributed by atoms with Gasteiger partial charge in [0.1, 0.15) is 11.5 Å². The maximum Gasteiger partial charge on any atom is 0.131 e. The Kier molecular flexibility index (Phi) is 3.75. The molecule has 104 valence electrons. The largest absolute Gasteiger partial charge is 0.457 e. The van der Waals surface area contributed by atoms with Crippen molar-refractivity contribution in [3.05, 3.63) is 59.7 Å². The summed E-state index contributed by atoms with van der Waals surface area (Å²) in [5.74, 6) is 3.01. The molecule has 1 aliphatic heterocycles. The molecule has 0 saturated carbocycles. The fourth-order valence-electron chi connectivity index (χ4n) is 2.74. The van der Waals surface area contributed by atoms with E-state index in [4.69, 9.17) is 4.74 Å². The van der Waals surface area contributed by atoms with Crippen molar-refractivity contribution in [2.45, 2.75) is 19.8 Å². The lowest BCUT2D eigenvalue weighted by molar-refractivity contribution is 0.436. The van der Waals surface area contributed by atoms with Crippen LogP contribution < -0.4 is 10.1 Å². The quantitative estimate of drug-likeness (QED) is 0.897. The van der Waals surface area contributed by atoms with Gasteiger partial charge in [-0.15, -0.1) is 0 Å². The van der Waals surface area contributed by atoms with Gasteiger partial charge in [-0.2, -0.15) is 0 Å². The predicted molar refractivity (Wildman–Crippen MR) is 82.5 cm³/mol. The highest BCUT2D eigenvalue weighted by atomic mass is 16.5. The van der Waals surface area contributed by atoms with Crippen LogP contribution >= 0.6 is 0 Å². The van der Waals surface area contributed by atoms with Crippen LogP contribution in [0.3, 0.4) is 0 Å². The number of hydrogen-bond acceptors (Lipinski definition) is 2. The van der Waals surface area contributed by atoms with Gasteiger partial charge in [0.25, 0.3) is 0 Å². The van der Waals surface area contributed by atoms with Gasteiger partial charge >= 0.3 is 0 Å². The third-order valence-electron chi connectivity index (χ3n) is 3.71. The Morgan fingerprint density at radius 1 is 0.950 bits per heavy atom. The molecule has 0 saturated heterocycles. The second kappa shape index (κ2) is 5.68. The van der Waals surface area contributed by atoms with Crippen LogP contribution in [0, 0.1) is 5.92 Å². The van der Waals surface area contributed by atoms with Crippen molar-refractivity contribution in [3.63, 3.8) is 0 Å². The first kappa shape index (κ1) is 13.2. The molecule has 0 fully saturated rings. The smallest absolute Gasteiger partial charge is 0.131 e. The first-order chi connectivity index (χ1) is 9.75. The molecule has 2 heteroatoms. The first-order valence-electron chi connectivity index (χ1n) is 7.32. The molecule has 3 rings (SSSR count). The van der Waals surface area contributed by atoms with Crippen LogP contribution in [0.2, 0.25) is 0 Å². The summed E-state index contributed by atoms with van der Waals surface area (Å²) < 4.78 is 6.01. The van der Waals surface area contributed by atoms with Crippen LogP contribution in [-0.2, 0) is 0 Å². The summed E-state index contributed by atoms with van der Waals surface area (Å²) in [6.45, 7) is 6.47. The van der Waals surface area contributed by atoms with Gasteiger partial charge in [0.15, 0.2) is 0 Å². The number of para-hydroxylation sites is 2.